The van der Waals surface area contributed by atoms with Gasteiger partial charge < -0.3 is 9.13 Å². The van der Waals surface area contributed by atoms with Crippen LogP contribution in [0.25, 0.3) is 89.4 Å². The molecule has 0 unspecified atom stereocenters. The predicted molar refractivity (Wildman–Crippen MR) is 221 cm³/mol. The first-order valence-electron chi connectivity index (χ1n) is 17.9. The van der Waals surface area contributed by atoms with Crippen LogP contribution in [0.2, 0.25) is 0 Å². The van der Waals surface area contributed by atoms with Crippen molar-refractivity contribution in [2.45, 2.75) is 0 Å². The lowest BCUT2D eigenvalue weighted by Crippen LogP contribution is -1.94. The molecule has 0 aliphatic carbocycles. The van der Waals surface area contributed by atoms with Crippen LogP contribution in [-0.2, 0) is 0 Å². The van der Waals surface area contributed by atoms with Gasteiger partial charge in [0.05, 0.1) is 22.1 Å². The standard InChI is InChI=1S/C50H34N2/c1-2-18-39(19-3-1)51-49-28-13-10-25-45(49)46-34-38(31-32-50(46)51)42-22-7-5-16-36(42)30-29-35-15-4-6-21-41(35)37-17-14-20-40(33-37)52-47-26-11-8-23-43(47)44-24-9-12-27-48(44)52/h1-34H. The summed E-state index contributed by atoms with van der Waals surface area (Å²) in [7, 11) is 0. The van der Waals surface area contributed by atoms with Gasteiger partial charge in [-0.05, 0) is 88.0 Å². The maximum absolute atomic E-state index is 2.39. The molecule has 0 aliphatic heterocycles. The van der Waals surface area contributed by atoms with Crippen LogP contribution in [0.15, 0.2) is 194 Å². The zero-order chi connectivity index (χ0) is 34.4. The Hall–Kier alpha value is -6.90. The van der Waals surface area contributed by atoms with Gasteiger partial charge in [0, 0.05) is 32.9 Å². The van der Waals surface area contributed by atoms with Gasteiger partial charge in [-0.25, -0.2) is 0 Å². The monoisotopic (exact) mass is 662 g/mol. The first-order chi connectivity index (χ1) is 25.8. The topological polar surface area (TPSA) is 9.86 Å². The molecule has 0 fully saturated rings. The molecule has 8 aromatic carbocycles. The third-order valence-corrected chi connectivity index (χ3v) is 10.4. The smallest absolute Gasteiger partial charge is 0.0541 e. The molecule has 0 radical (unpaired) electrons. The van der Waals surface area contributed by atoms with Crippen molar-refractivity contribution in [2.75, 3.05) is 0 Å². The van der Waals surface area contributed by atoms with Gasteiger partial charge in [-0.1, -0.05) is 152 Å². The lowest BCUT2D eigenvalue weighted by molar-refractivity contribution is 1.18. The summed E-state index contributed by atoms with van der Waals surface area (Å²) in [6.07, 6.45) is 4.53. The molecule has 2 aromatic heterocycles. The Morgan fingerprint density at radius 3 is 1.35 bits per heavy atom. The molecular weight excluding hydrogens is 629 g/mol. The van der Waals surface area contributed by atoms with Crippen molar-refractivity contribution in [1.82, 2.24) is 9.13 Å². The fourth-order valence-electron chi connectivity index (χ4n) is 8.00. The van der Waals surface area contributed by atoms with E-state index in [4.69, 9.17) is 0 Å². The molecule has 52 heavy (non-hydrogen) atoms. The van der Waals surface area contributed by atoms with E-state index in [2.05, 4.69) is 215 Å². The van der Waals surface area contributed by atoms with Crippen molar-refractivity contribution in [3.63, 3.8) is 0 Å². The molecule has 2 nitrogen and oxygen atoms in total. The van der Waals surface area contributed by atoms with Gasteiger partial charge in [0.15, 0.2) is 0 Å². The maximum atomic E-state index is 2.39. The number of para-hydroxylation sites is 4. The Balaban J connectivity index is 1.05. The highest BCUT2D eigenvalue weighted by Crippen LogP contribution is 2.37. The average molecular weight is 663 g/mol. The number of hydrogen-bond acceptors (Lipinski definition) is 0. The highest BCUT2D eigenvalue weighted by atomic mass is 15.0. The SMILES string of the molecule is C(=Cc1ccccc1-c1ccc2c(c1)c1ccccc1n2-c1ccccc1)c1ccccc1-c1cccc(-n2c3ccccc3c3ccccc32)c1. The van der Waals surface area contributed by atoms with Crippen molar-refractivity contribution in [2.24, 2.45) is 0 Å². The van der Waals surface area contributed by atoms with Gasteiger partial charge in [0.25, 0.3) is 0 Å². The van der Waals surface area contributed by atoms with Crippen LogP contribution in [0.4, 0.5) is 0 Å². The molecule has 0 saturated carbocycles. The molecule has 0 atom stereocenters. The Bertz CT molecular complexity index is 2900. The van der Waals surface area contributed by atoms with Gasteiger partial charge >= 0.3 is 0 Å². The number of aromatic nitrogens is 2. The fraction of sp³-hybridized carbons (Fsp3) is 0. The van der Waals surface area contributed by atoms with Crippen molar-refractivity contribution in [3.05, 3.63) is 205 Å². The highest BCUT2D eigenvalue weighted by Gasteiger charge is 2.15. The van der Waals surface area contributed by atoms with Crippen LogP contribution >= 0.6 is 0 Å². The van der Waals surface area contributed by atoms with Crippen molar-refractivity contribution in [1.29, 1.82) is 0 Å². The van der Waals surface area contributed by atoms with E-state index in [1.807, 2.05) is 0 Å². The Morgan fingerprint density at radius 1 is 0.288 bits per heavy atom. The lowest BCUT2D eigenvalue weighted by Gasteiger charge is -2.12. The minimum atomic E-state index is 1.16. The van der Waals surface area contributed by atoms with E-state index in [9.17, 15) is 0 Å². The number of nitrogens with zero attached hydrogens (tertiary/aromatic N) is 2. The zero-order valence-corrected chi connectivity index (χ0v) is 28.5. The van der Waals surface area contributed by atoms with Crippen LogP contribution in [0.3, 0.4) is 0 Å². The van der Waals surface area contributed by atoms with Crippen LogP contribution < -0.4 is 0 Å². The molecule has 244 valence electrons. The lowest BCUT2D eigenvalue weighted by atomic mass is 9.95. The fourth-order valence-corrected chi connectivity index (χ4v) is 8.00. The average Bonchev–Trinajstić information content (AvgIpc) is 3.73. The molecule has 0 aliphatic rings. The molecule has 2 heteroatoms. The molecule has 0 amide bonds. The van der Waals surface area contributed by atoms with Gasteiger partial charge in [-0.2, -0.15) is 0 Å². The molecule has 0 bridgehead atoms. The minimum absolute atomic E-state index is 1.16. The second kappa shape index (κ2) is 12.5. The van der Waals surface area contributed by atoms with Crippen LogP contribution in [0, 0.1) is 0 Å². The van der Waals surface area contributed by atoms with Gasteiger partial charge in [0.1, 0.15) is 0 Å². The summed E-state index contributed by atoms with van der Waals surface area (Å²) < 4.78 is 4.75. The number of fused-ring (bicyclic) bond motifs is 6. The third kappa shape index (κ3) is 4.96. The van der Waals surface area contributed by atoms with Gasteiger partial charge in [0.2, 0.25) is 0 Å². The normalized spacial score (nSPS) is 11.8. The Morgan fingerprint density at radius 2 is 0.731 bits per heavy atom. The van der Waals surface area contributed by atoms with E-state index in [0.717, 1.165) is 5.69 Å². The van der Waals surface area contributed by atoms with E-state index in [1.165, 1.54) is 82.7 Å². The van der Waals surface area contributed by atoms with E-state index < -0.39 is 0 Å². The largest absolute Gasteiger partial charge is 0.309 e. The summed E-state index contributed by atoms with van der Waals surface area (Å²) in [4.78, 5) is 0. The number of hydrogen-bond donors (Lipinski definition) is 0. The van der Waals surface area contributed by atoms with Gasteiger partial charge in [-0.3, -0.25) is 0 Å². The van der Waals surface area contributed by atoms with E-state index in [-0.39, 0.29) is 0 Å². The molecule has 2 heterocycles. The number of benzene rings is 8. The summed E-state index contributed by atoms with van der Waals surface area (Å²) in [6, 6.07) is 70.0. The summed E-state index contributed by atoms with van der Waals surface area (Å²) in [6.45, 7) is 0. The van der Waals surface area contributed by atoms with Crippen LogP contribution in [0.5, 0.6) is 0 Å². The molecule has 0 N–H and O–H groups in total. The van der Waals surface area contributed by atoms with Gasteiger partial charge in [-0.15, -0.1) is 0 Å². The molecule has 10 rings (SSSR count). The molecule has 0 spiro atoms. The second-order valence-corrected chi connectivity index (χ2v) is 13.3. The first kappa shape index (κ1) is 30.0. The predicted octanol–water partition coefficient (Wildman–Crippen LogP) is 13.4. The van der Waals surface area contributed by atoms with E-state index in [1.54, 1.807) is 0 Å². The van der Waals surface area contributed by atoms with Crippen molar-refractivity contribution in [3.8, 4) is 33.6 Å². The molecule has 0 saturated heterocycles. The summed E-state index contributed by atoms with van der Waals surface area (Å²) >= 11 is 0. The molecular formula is C50H34N2. The zero-order valence-electron chi connectivity index (χ0n) is 28.5. The third-order valence-electron chi connectivity index (χ3n) is 10.4. The second-order valence-electron chi connectivity index (χ2n) is 13.3. The summed E-state index contributed by atoms with van der Waals surface area (Å²) in [5, 5.41) is 5.05. The quantitative estimate of drug-likeness (QED) is 0.157. The molecule has 10 aromatic rings. The van der Waals surface area contributed by atoms with Crippen molar-refractivity contribution < 1.29 is 0 Å². The minimum Gasteiger partial charge on any atom is -0.309 e. The maximum Gasteiger partial charge on any atom is 0.0541 e. The van der Waals surface area contributed by atoms with Crippen LogP contribution in [-0.4, -0.2) is 9.13 Å². The summed E-state index contributed by atoms with van der Waals surface area (Å²) in [5.74, 6) is 0. The highest BCUT2D eigenvalue weighted by molar-refractivity contribution is 6.11. The van der Waals surface area contributed by atoms with E-state index in [0.29, 0.717) is 0 Å². The Kier molecular flexibility index (Phi) is 7.18. The van der Waals surface area contributed by atoms with Crippen molar-refractivity contribution >= 4 is 55.8 Å². The van der Waals surface area contributed by atoms with E-state index >= 15 is 0 Å². The Labute approximate surface area is 302 Å². The van der Waals surface area contributed by atoms with Crippen LogP contribution in [0.1, 0.15) is 11.1 Å². The summed E-state index contributed by atoms with van der Waals surface area (Å²) in [5.41, 5.74) is 14.4. The number of rotatable bonds is 6. The first-order valence-corrected chi connectivity index (χ1v) is 17.9.